The van der Waals surface area contributed by atoms with Crippen molar-refractivity contribution in [3.8, 4) is 0 Å². The van der Waals surface area contributed by atoms with E-state index in [0.29, 0.717) is 32.1 Å². The normalized spacial score (nSPS) is 13.2. The lowest BCUT2D eigenvalue weighted by Crippen LogP contribution is -2.53. The number of hydrogen-bond donors (Lipinski definition) is 8. The third kappa shape index (κ3) is 14.2. The Kier molecular flexibility index (Phi) is 13.7. The third-order valence-corrected chi connectivity index (χ3v) is 4.08. The molecule has 0 saturated carbocycles. The van der Waals surface area contributed by atoms with Gasteiger partial charge in [0.2, 0.25) is 17.7 Å². The van der Waals surface area contributed by atoms with Gasteiger partial charge in [0.25, 0.3) is 0 Å². The van der Waals surface area contributed by atoms with E-state index in [9.17, 15) is 19.2 Å². The number of rotatable bonds is 16. The van der Waals surface area contributed by atoms with Crippen LogP contribution < -0.4 is 45.0 Å². The van der Waals surface area contributed by atoms with Crippen LogP contribution in [0.4, 0.5) is 0 Å². The number of aldehydes is 1. The van der Waals surface area contributed by atoms with E-state index < -0.39 is 35.8 Å². The van der Waals surface area contributed by atoms with E-state index in [1.165, 1.54) is 0 Å². The topological polar surface area (TPSA) is 273 Å². The van der Waals surface area contributed by atoms with Crippen LogP contribution in [0.5, 0.6) is 0 Å². The highest BCUT2D eigenvalue weighted by atomic mass is 16.2. The molecule has 0 unspecified atom stereocenters. The van der Waals surface area contributed by atoms with Crippen molar-refractivity contribution in [3.63, 3.8) is 0 Å². The molecule has 0 aliphatic heterocycles. The first-order valence-electron chi connectivity index (χ1n) is 9.77. The zero-order chi connectivity index (χ0) is 23.8. The van der Waals surface area contributed by atoms with E-state index in [4.69, 9.17) is 34.4 Å². The van der Waals surface area contributed by atoms with Gasteiger partial charge in [0.15, 0.2) is 11.9 Å². The zero-order valence-corrected chi connectivity index (χ0v) is 17.5. The Bertz CT molecular complexity index is 659. The largest absolute Gasteiger partial charge is 0.370 e. The first-order valence-corrected chi connectivity index (χ1v) is 9.77. The highest BCUT2D eigenvalue weighted by Crippen LogP contribution is 2.03. The van der Waals surface area contributed by atoms with E-state index in [2.05, 4.69) is 20.6 Å². The van der Waals surface area contributed by atoms with Crippen LogP contribution in [0.25, 0.3) is 0 Å². The van der Waals surface area contributed by atoms with Crippen LogP contribution in [0.2, 0.25) is 0 Å². The van der Waals surface area contributed by atoms with Gasteiger partial charge in [-0.2, -0.15) is 0 Å². The molecule has 0 spiro atoms. The van der Waals surface area contributed by atoms with Gasteiger partial charge in [0, 0.05) is 19.5 Å². The number of carbonyl (C=O) groups excluding carboxylic acids is 4. The quantitative estimate of drug-likeness (QED) is 0.0497. The highest BCUT2D eigenvalue weighted by Gasteiger charge is 2.25. The second kappa shape index (κ2) is 15.4. The molecule has 0 radical (unpaired) electrons. The van der Waals surface area contributed by atoms with Gasteiger partial charge in [0.05, 0.1) is 12.1 Å². The highest BCUT2D eigenvalue weighted by molar-refractivity contribution is 5.91. The van der Waals surface area contributed by atoms with Crippen molar-refractivity contribution in [3.05, 3.63) is 0 Å². The Balaban J connectivity index is 4.97. The van der Waals surface area contributed by atoms with E-state index in [1.807, 2.05) is 0 Å². The van der Waals surface area contributed by atoms with Crippen molar-refractivity contribution >= 4 is 35.9 Å². The SMILES string of the molecule is NC(=O)CC[C@H](N)C(=O)N[C@@H](CCCN=C(N)N)C(=O)N[C@H](C=O)CCCN=C(N)N. The van der Waals surface area contributed by atoms with Crippen LogP contribution >= 0.6 is 0 Å². The molecule has 0 aliphatic carbocycles. The summed E-state index contributed by atoms with van der Waals surface area (Å²) in [4.78, 5) is 54.8. The molecule has 3 atom stereocenters. The fourth-order valence-corrected chi connectivity index (χ4v) is 2.46. The molecule has 0 rings (SSSR count). The predicted octanol–water partition coefficient (Wildman–Crippen LogP) is -4.15. The van der Waals surface area contributed by atoms with Crippen LogP contribution in [-0.4, -0.2) is 67.1 Å². The summed E-state index contributed by atoms with van der Waals surface area (Å²) in [5.74, 6) is -1.95. The first kappa shape index (κ1) is 27.6. The van der Waals surface area contributed by atoms with Crippen molar-refractivity contribution in [1.29, 1.82) is 0 Å². The summed E-state index contributed by atoms with van der Waals surface area (Å²) in [7, 11) is 0. The second-order valence-corrected chi connectivity index (χ2v) is 6.82. The van der Waals surface area contributed by atoms with Crippen molar-refractivity contribution in [2.24, 2.45) is 44.4 Å². The van der Waals surface area contributed by atoms with Crippen molar-refractivity contribution in [2.75, 3.05) is 13.1 Å². The van der Waals surface area contributed by atoms with Crippen LogP contribution in [0.3, 0.4) is 0 Å². The molecule has 3 amide bonds. The summed E-state index contributed by atoms with van der Waals surface area (Å²) in [6.45, 7) is 0.543. The average Bonchev–Trinajstić information content (AvgIpc) is 2.69. The minimum Gasteiger partial charge on any atom is -0.370 e. The fraction of sp³-hybridized carbons (Fsp3) is 0.647. The number of guanidine groups is 2. The predicted molar refractivity (Wildman–Crippen MR) is 116 cm³/mol. The van der Waals surface area contributed by atoms with E-state index in [0.717, 1.165) is 0 Å². The molecule has 14 nitrogen and oxygen atoms in total. The zero-order valence-electron chi connectivity index (χ0n) is 17.5. The Labute approximate surface area is 180 Å². The standard InChI is InChI=1S/C17H34N10O4/c18-11(5-6-13(19)29)14(30)27-12(4-2-8-25-17(22)23)15(31)26-10(9-28)3-1-7-24-16(20)21/h9-12H,1-8,18H2,(H2,19,29)(H,26,31)(H,27,30)(H4,20,21,24)(H4,22,23,25)/t10-,11-,12-/m0/s1. The van der Waals surface area contributed by atoms with E-state index >= 15 is 0 Å². The minimum atomic E-state index is -1.03. The van der Waals surface area contributed by atoms with Crippen molar-refractivity contribution < 1.29 is 19.2 Å². The molecule has 176 valence electrons. The first-order chi connectivity index (χ1) is 14.6. The molecule has 0 saturated heterocycles. The molecule has 0 aromatic heterocycles. The summed E-state index contributed by atoms with van der Waals surface area (Å²) >= 11 is 0. The van der Waals surface area contributed by atoms with Gasteiger partial charge >= 0.3 is 0 Å². The molecule has 0 aliphatic rings. The maximum absolute atomic E-state index is 12.7. The lowest BCUT2D eigenvalue weighted by Gasteiger charge is -2.22. The number of hydrogen-bond acceptors (Lipinski definition) is 7. The molecule has 0 heterocycles. The molecule has 0 bridgehead atoms. The summed E-state index contributed by atoms with van der Waals surface area (Å²) < 4.78 is 0. The smallest absolute Gasteiger partial charge is 0.243 e. The van der Waals surface area contributed by atoms with Gasteiger partial charge in [0.1, 0.15) is 12.3 Å². The van der Waals surface area contributed by atoms with E-state index in [-0.39, 0.29) is 37.7 Å². The Morgan fingerprint density at radius 1 is 0.806 bits per heavy atom. The van der Waals surface area contributed by atoms with Gasteiger partial charge in [-0.1, -0.05) is 0 Å². The minimum absolute atomic E-state index is 0.0330. The molecule has 14 N–H and O–H groups in total. The monoisotopic (exact) mass is 442 g/mol. The van der Waals surface area contributed by atoms with Gasteiger partial charge in [-0.05, 0) is 32.1 Å². The Hall–Kier alpha value is -3.42. The van der Waals surface area contributed by atoms with Crippen LogP contribution in [0, 0.1) is 0 Å². The molecule has 14 heteroatoms. The lowest BCUT2D eigenvalue weighted by atomic mass is 10.1. The Morgan fingerprint density at radius 2 is 1.35 bits per heavy atom. The number of amides is 3. The molecular weight excluding hydrogens is 408 g/mol. The maximum Gasteiger partial charge on any atom is 0.243 e. The summed E-state index contributed by atoms with van der Waals surface area (Å²) in [6, 6.07) is -2.80. The second-order valence-electron chi connectivity index (χ2n) is 6.82. The van der Waals surface area contributed by atoms with Crippen LogP contribution in [0.15, 0.2) is 9.98 Å². The molecule has 0 aromatic rings. The number of nitrogens with one attached hydrogen (secondary N) is 2. The number of nitrogens with zero attached hydrogens (tertiary/aromatic N) is 2. The van der Waals surface area contributed by atoms with Gasteiger partial charge in [-0.15, -0.1) is 0 Å². The lowest BCUT2D eigenvalue weighted by molar-refractivity contribution is -0.131. The van der Waals surface area contributed by atoms with Crippen molar-refractivity contribution in [2.45, 2.75) is 56.7 Å². The molecule has 0 aromatic carbocycles. The summed E-state index contributed by atoms with van der Waals surface area (Å²) in [5.41, 5.74) is 31.8. The molecule has 31 heavy (non-hydrogen) atoms. The summed E-state index contributed by atoms with van der Waals surface area (Å²) in [5, 5.41) is 5.10. The number of nitrogens with two attached hydrogens (primary N) is 6. The molecule has 0 fully saturated rings. The van der Waals surface area contributed by atoms with Crippen molar-refractivity contribution in [1.82, 2.24) is 10.6 Å². The average molecular weight is 443 g/mol. The van der Waals surface area contributed by atoms with Gasteiger partial charge < -0.3 is 49.8 Å². The number of primary amides is 1. The van der Waals surface area contributed by atoms with E-state index in [1.54, 1.807) is 0 Å². The Morgan fingerprint density at radius 3 is 1.84 bits per heavy atom. The third-order valence-electron chi connectivity index (χ3n) is 4.08. The van der Waals surface area contributed by atoms with Gasteiger partial charge in [-0.3, -0.25) is 24.4 Å². The maximum atomic E-state index is 12.7. The van der Waals surface area contributed by atoms with Gasteiger partial charge in [-0.25, -0.2) is 0 Å². The fourth-order valence-electron chi connectivity index (χ4n) is 2.46. The molecular formula is C17H34N10O4. The van der Waals surface area contributed by atoms with Crippen LogP contribution in [0.1, 0.15) is 38.5 Å². The number of carbonyl (C=O) groups is 4. The van der Waals surface area contributed by atoms with Crippen LogP contribution in [-0.2, 0) is 19.2 Å². The summed E-state index contributed by atoms with van der Waals surface area (Å²) in [6.07, 6.45) is 1.88. The number of aliphatic imine (C=N–C) groups is 2.